The summed E-state index contributed by atoms with van der Waals surface area (Å²) >= 11 is 0. The van der Waals surface area contributed by atoms with E-state index in [-0.39, 0.29) is 0 Å². The van der Waals surface area contributed by atoms with E-state index in [9.17, 15) is 0 Å². The molecule has 0 heterocycles. The van der Waals surface area contributed by atoms with Crippen LogP contribution in [0.4, 0.5) is 17.1 Å². The Balaban J connectivity index is 1.18. The Morgan fingerprint density at radius 2 is 0.714 bits per heavy atom. The Kier molecular flexibility index (Phi) is 6.62. The number of fused-ring (bicyclic) bond motifs is 16. The van der Waals surface area contributed by atoms with Gasteiger partial charge in [0, 0.05) is 16.9 Å². The third-order valence-corrected chi connectivity index (χ3v) is 12.5. The van der Waals surface area contributed by atoms with E-state index in [4.69, 9.17) is 0 Å². The monoisotopic (exact) mass is 709 g/mol. The van der Waals surface area contributed by atoms with Crippen molar-refractivity contribution in [2.75, 3.05) is 4.90 Å². The van der Waals surface area contributed by atoms with E-state index >= 15 is 0 Å². The maximum atomic E-state index is 2.52. The van der Waals surface area contributed by atoms with Gasteiger partial charge in [0.15, 0.2) is 0 Å². The fraction of sp³-hybridized carbons (Fsp3) is 0.0182. The van der Waals surface area contributed by atoms with Gasteiger partial charge in [-0.2, -0.15) is 0 Å². The van der Waals surface area contributed by atoms with Crippen LogP contribution in [0.1, 0.15) is 22.3 Å². The van der Waals surface area contributed by atoms with Crippen molar-refractivity contribution in [3.8, 4) is 33.4 Å². The van der Waals surface area contributed by atoms with E-state index in [0.29, 0.717) is 0 Å². The van der Waals surface area contributed by atoms with Crippen LogP contribution in [-0.4, -0.2) is 0 Å². The molecule has 10 aromatic carbocycles. The normalized spacial score (nSPS) is 13.1. The fourth-order valence-electron chi connectivity index (χ4n) is 10.2. The molecule has 2 aliphatic carbocycles. The van der Waals surface area contributed by atoms with Gasteiger partial charge in [0.2, 0.25) is 0 Å². The second kappa shape index (κ2) is 11.9. The standard InChI is InChI=1S/C55H35N/c1-2-15-36(16-3-1)37-29-31-38(32-30-37)56(39-33-34-44-42-19-5-4-17-40(42)41-18-6-7-20-43(41)49(44)35-39)53-28-14-24-48-47-23-10-13-27-52(47)55(54(48)53)50-25-11-8-21-45(50)46-22-9-12-26-51(46)55/h1-35H. The lowest BCUT2D eigenvalue weighted by molar-refractivity contribution is 0.793. The molecule has 0 amide bonds. The number of rotatable bonds is 4. The van der Waals surface area contributed by atoms with E-state index < -0.39 is 5.41 Å². The molecule has 0 atom stereocenters. The average Bonchev–Trinajstić information content (AvgIpc) is 3.75. The quantitative estimate of drug-likeness (QED) is 0.164. The molecule has 0 radical (unpaired) electrons. The molecule has 0 aromatic heterocycles. The second-order valence-corrected chi connectivity index (χ2v) is 15.2. The molecule has 0 unspecified atom stereocenters. The predicted molar refractivity (Wildman–Crippen MR) is 235 cm³/mol. The lowest BCUT2D eigenvalue weighted by Crippen LogP contribution is -2.28. The van der Waals surface area contributed by atoms with E-state index in [1.54, 1.807) is 0 Å². The first-order valence-corrected chi connectivity index (χ1v) is 19.5. The van der Waals surface area contributed by atoms with Gasteiger partial charge in [-0.25, -0.2) is 0 Å². The summed E-state index contributed by atoms with van der Waals surface area (Å²) in [5.74, 6) is 0. The Morgan fingerprint density at radius 3 is 1.30 bits per heavy atom. The maximum absolute atomic E-state index is 2.52. The third-order valence-electron chi connectivity index (χ3n) is 12.5. The first-order chi connectivity index (χ1) is 27.8. The van der Waals surface area contributed by atoms with Crippen LogP contribution in [-0.2, 0) is 5.41 Å². The minimum Gasteiger partial charge on any atom is -0.310 e. The van der Waals surface area contributed by atoms with Gasteiger partial charge in [-0.3, -0.25) is 0 Å². The summed E-state index contributed by atoms with van der Waals surface area (Å²) in [4.78, 5) is 2.52. The second-order valence-electron chi connectivity index (χ2n) is 15.2. The zero-order valence-corrected chi connectivity index (χ0v) is 30.7. The zero-order chi connectivity index (χ0) is 36.8. The maximum Gasteiger partial charge on any atom is 0.0746 e. The summed E-state index contributed by atoms with van der Waals surface area (Å²) < 4.78 is 0. The van der Waals surface area contributed by atoms with Gasteiger partial charge in [0.1, 0.15) is 0 Å². The largest absolute Gasteiger partial charge is 0.310 e. The first-order valence-electron chi connectivity index (χ1n) is 19.5. The van der Waals surface area contributed by atoms with Gasteiger partial charge in [-0.1, -0.05) is 182 Å². The molecule has 0 bridgehead atoms. The minimum absolute atomic E-state index is 0.488. The third kappa shape index (κ3) is 4.20. The van der Waals surface area contributed by atoms with Crippen molar-refractivity contribution in [3.05, 3.63) is 235 Å². The first kappa shape index (κ1) is 31.2. The zero-order valence-electron chi connectivity index (χ0n) is 30.7. The summed E-state index contributed by atoms with van der Waals surface area (Å²) in [7, 11) is 0. The highest BCUT2D eigenvalue weighted by Crippen LogP contribution is 2.65. The van der Waals surface area contributed by atoms with Crippen molar-refractivity contribution in [1.82, 2.24) is 0 Å². The minimum atomic E-state index is -0.488. The highest BCUT2D eigenvalue weighted by Gasteiger charge is 2.53. The van der Waals surface area contributed by atoms with Crippen LogP contribution >= 0.6 is 0 Å². The number of hydrogen-bond donors (Lipinski definition) is 0. The fourth-order valence-corrected chi connectivity index (χ4v) is 10.2. The number of anilines is 3. The van der Waals surface area contributed by atoms with E-state index in [1.807, 2.05) is 0 Å². The van der Waals surface area contributed by atoms with Crippen LogP contribution in [0.3, 0.4) is 0 Å². The average molecular weight is 710 g/mol. The molecule has 0 aliphatic heterocycles. The van der Waals surface area contributed by atoms with Crippen molar-refractivity contribution < 1.29 is 0 Å². The van der Waals surface area contributed by atoms with E-state index in [0.717, 1.165) is 11.4 Å². The molecule has 0 saturated carbocycles. The SMILES string of the molecule is c1ccc(-c2ccc(N(c3ccc4c5ccccc5c5ccccc5c4c3)c3cccc4c3C3(c5ccccc5-c5ccccc53)c3ccccc3-4)cc2)cc1. The number of hydrogen-bond acceptors (Lipinski definition) is 1. The van der Waals surface area contributed by atoms with Gasteiger partial charge in [-0.05, 0) is 113 Å². The van der Waals surface area contributed by atoms with E-state index in [2.05, 4.69) is 217 Å². The van der Waals surface area contributed by atoms with Crippen LogP contribution < -0.4 is 4.90 Å². The van der Waals surface area contributed by atoms with Crippen LogP contribution in [0.5, 0.6) is 0 Å². The molecule has 0 saturated heterocycles. The van der Waals surface area contributed by atoms with Crippen molar-refractivity contribution in [1.29, 1.82) is 0 Å². The van der Waals surface area contributed by atoms with Gasteiger partial charge >= 0.3 is 0 Å². The van der Waals surface area contributed by atoms with Gasteiger partial charge < -0.3 is 4.90 Å². The van der Waals surface area contributed by atoms with Gasteiger partial charge in [-0.15, -0.1) is 0 Å². The van der Waals surface area contributed by atoms with Crippen molar-refractivity contribution >= 4 is 49.4 Å². The lowest BCUT2D eigenvalue weighted by Gasteiger charge is -2.36. The Bertz CT molecular complexity index is 3090. The van der Waals surface area contributed by atoms with Crippen molar-refractivity contribution in [3.63, 3.8) is 0 Å². The van der Waals surface area contributed by atoms with Crippen LogP contribution in [0.2, 0.25) is 0 Å². The summed E-state index contributed by atoms with van der Waals surface area (Å²) in [6, 6.07) is 78.9. The molecular formula is C55H35N. The van der Waals surface area contributed by atoms with Crippen LogP contribution in [0.25, 0.3) is 65.7 Å². The molecule has 260 valence electrons. The highest BCUT2D eigenvalue weighted by molar-refractivity contribution is 6.25. The van der Waals surface area contributed by atoms with Gasteiger partial charge in [0.25, 0.3) is 0 Å². The molecule has 1 spiro atoms. The summed E-state index contributed by atoms with van der Waals surface area (Å²) in [6.45, 7) is 0. The molecule has 12 rings (SSSR count). The molecule has 2 aliphatic rings. The molecule has 56 heavy (non-hydrogen) atoms. The Morgan fingerprint density at radius 1 is 0.286 bits per heavy atom. The molecule has 1 heteroatoms. The Labute approximate surface area is 326 Å². The highest BCUT2D eigenvalue weighted by atomic mass is 15.1. The van der Waals surface area contributed by atoms with Crippen molar-refractivity contribution in [2.24, 2.45) is 0 Å². The van der Waals surface area contributed by atoms with Crippen molar-refractivity contribution in [2.45, 2.75) is 5.41 Å². The number of benzene rings is 10. The van der Waals surface area contributed by atoms with E-state index in [1.165, 1.54) is 93.6 Å². The smallest absolute Gasteiger partial charge is 0.0746 e. The summed E-state index contributed by atoms with van der Waals surface area (Å²) in [6.07, 6.45) is 0. The van der Waals surface area contributed by atoms with Crippen LogP contribution in [0, 0.1) is 0 Å². The predicted octanol–water partition coefficient (Wildman–Crippen LogP) is 14.6. The number of nitrogens with zero attached hydrogens (tertiary/aromatic N) is 1. The molecular weight excluding hydrogens is 675 g/mol. The molecule has 0 N–H and O–H groups in total. The van der Waals surface area contributed by atoms with Gasteiger partial charge in [0.05, 0.1) is 11.1 Å². The Hall–Kier alpha value is -7.22. The lowest BCUT2D eigenvalue weighted by atomic mass is 9.70. The summed E-state index contributed by atoms with van der Waals surface area (Å²) in [5.41, 5.74) is 15.9. The molecule has 0 fully saturated rings. The topological polar surface area (TPSA) is 3.24 Å². The molecule has 1 nitrogen and oxygen atoms in total. The summed E-state index contributed by atoms with van der Waals surface area (Å²) in [5, 5.41) is 7.63. The van der Waals surface area contributed by atoms with Crippen LogP contribution in [0.15, 0.2) is 212 Å². The molecule has 10 aromatic rings.